The Labute approximate surface area is 154 Å². The fourth-order valence-corrected chi connectivity index (χ4v) is 4.22. The molecule has 3 N–H and O–H groups in total. The van der Waals surface area contributed by atoms with Crippen LogP contribution in [-0.2, 0) is 0 Å². The molecule has 0 spiro atoms. The van der Waals surface area contributed by atoms with Crippen molar-refractivity contribution in [1.82, 2.24) is 9.97 Å². The van der Waals surface area contributed by atoms with Crippen LogP contribution in [0.15, 0.2) is 24.3 Å². The number of amides is 2. The van der Waals surface area contributed by atoms with Crippen LogP contribution in [0.3, 0.4) is 0 Å². The van der Waals surface area contributed by atoms with Crippen molar-refractivity contribution in [2.24, 2.45) is 5.73 Å². The molecule has 0 radical (unpaired) electrons. The summed E-state index contributed by atoms with van der Waals surface area (Å²) in [7, 11) is 0. The molecule has 4 rings (SSSR count). The van der Waals surface area contributed by atoms with Gasteiger partial charge in [-0.25, -0.2) is 9.97 Å². The van der Waals surface area contributed by atoms with Crippen molar-refractivity contribution >= 4 is 39.1 Å². The van der Waals surface area contributed by atoms with Gasteiger partial charge in [-0.3, -0.25) is 9.59 Å². The molecule has 0 saturated heterocycles. The Morgan fingerprint density at radius 1 is 1.19 bits per heavy atom. The van der Waals surface area contributed by atoms with E-state index in [1.54, 1.807) is 24.3 Å². The van der Waals surface area contributed by atoms with Crippen LogP contribution in [-0.4, -0.2) is 21.8 Å². The van der Waals surface area contributed by atoms with Crippen LogP contribution in [0.4, 0.5) is 5.69 Å². The molecule has 6 nitrogen and oxygen atoms in total. The summed E-state index contributed by atoms with van der Waals surface area (Å²) in [5, 5.41) is 3.74. The minimum absolute atomic E-state index is 0.272. The van der Waals surface area contributed by atoms with Gasteiger partial charge in [0, 0.05) is 11.3 Å². The number of fused-ring (bicyclic) bond motifs is 1. The number of anilines is 1. The first kappa shape index (κ1) is 16.7. The monoisotopic (exact) mass is 366 g/mol. The maximum absolute atomic E-state index is 12.8. The first-order valence-corrected chi connectivity index (χ1v) is 9.25. The van der Waals surface area contributed by atoms with Crippen LogP contribution in [0.1, 0.15) is 55.9 Å². The molecule has 26 heavy (non-hydrogen) atoms. The number of aryl methyl sites for hydroxylation is 2. The quantitative estimate of drug-likeness (QED) is 0.738. The SMILES string of the molecule is Cc1nc(C2CC2)nc2sc(C(=O)Nc3ccccc3C(N)=O)c(C)c12. The number of para-hydroxylation sites is 1. The number of carbonyl (C=O) groups excluding carboxylic acids is 2. The van der Waals surface area contributed by atoms with Crippen LogP contribution in [0.25, 0.3) is 10.2 Å². The van der Waals surface area contributed by atoms with Gasteiger partial charge >= 0.3 is 0 Å². The van der Waals surface area contributed by atoms with E-state index in [2.05, 4.69) is 15.3 Å². The lowest BCUT2D eigenvalue weighted by Crippen LogP contribution is -2.18. The standard InChI is InChI=1S/C19H18N4O2S/c1-9-14-10(2)21-17(11-7-8-11)23-19(14)26-15(9)18(25)22-13-6-4-3-5-12(13)16(20)24/h3-6,11H,7-8H2,1-2H3,(H2,20,24)(H,22,25). The topological polar surface area (TPSA) is 98.0 Å². The van der Waals surface area contributed by atoms with Crippen molar-refractivity contribution in [3.05, 3.63) is 51.8 Å². The van der Waals surface area contributed by atoms with Crippen molar-refractivity contribution in [2.45, 2.75) is 32.6 Å². The molecule has 2 heterocycles. The molecule has 1 aromatic carbocycles. The minimum Gasteiger partial charge on any atom is -0.366 e. The highest BCUT2D eigenvalue weighted by atomic mass is 32.1. The zero-order chi connectivity index (χ0) is 18.4. The van der Waals surface area contributed by atoms with Crippen molar-refractivity contribution in [1.29, 1.82) is 0 Å². The molecule has 1 saturated carbocycles. The largest absolute Gasteiger partial charge is 0.366 e. The summed E-state index contributed by atoms with van der Waals surface area (Å²) in [4.78, 5) is 35.1. The predicted octanol–water partition coefficient (Wildman–Crippen LogP) is 3.54. The number of nitrogens with zero attached hydrogens (tertiary/aromatic N) is 2. The van der Waals surface area contributed by atoms with Gasteiger partial charge in [0.25, 0.3) is 11.8 Å². The van der Waals surface area contributed by atoms with Crippen molar-refractivity contribution in [3.63, 3.8) is 0 Å². The highest BCUT2D eigenvalue weighted by Gasteiger charge is 2.28. The van der Waals surface area contributed by atoms with Gasteiger partial charge in [0.2, 0.25) is 0 Å². The third-order valence-electron chi connectivity index (χ3n) is 4.58. The van der Waals surface area contributed by atoms with Gasteiger partial charge in [0.15, 0.2) is 0 Å². The summed E-state index contributed by atoms with van der Waals surface area (Å²) >= 11 is 1.36. The first-order valence-electron chi connectivity index (χ1n) is 8.43. The molecule has 3 aromatic rings. The van der Waals surface area contributed by atoms with Gasteiger partial charge in [-0.15, -0.1) is 11.3 Å². The van der Waals surface area contributed by atoms with E-state index in [-0.39, 0.29) is 11.5 Å². The molecular formula is C19H18N4O2S. The van der Waals surface area contributed by atoms with Crippen molar-refractivity contribution in [3.8, 4) is 0 Å². The Kier molecular flexibility index (Phi) is 3.96. The molecule has 1 fully saturated rings. The fourth-order valence-electron chi connectivity index (χ4n) is 3.09. The summed E-state index contributed by atoms with van der Waals surface area (Å²) < 4.78 is 0. The van der Waals surface area contributed by atoms with Crippen LogP contribution < -0.4 is 11.1 Å². The van der Waals surface area contributed by atoms with Crippen LogP contribution in [0.5, 0.6) is 0 Å². The lowest BCUT2D eigenvalue weighted by atomic mass is 10.1. The number of primary amides is 1. The Bertz CT molecular complexity index is 1050. The van der Waals surface area contributed by atoms with Gasteiger partial charge in [-0.2, -0.15) is 0 Å². The predicted molar refractivity (Wildman–Crippen MR) is 102 cm³/mol. The maximum atomic E-state index is 12.8. The Hall–Kier alpha value is -2.80. The summed E-state index contributed by atoms with van der Waals surface area (Å²) in [6, 6.07) is 6.71. The average Bonchev–Trinajstić information content (AvgIpc) is 3.39. The van der Waals surface area contributed by atoms with E-state index in [1.165, 1.54) is 11.3 Å². The first-order chi connectivity index (χ1) is 12.5. The number of benzene rings is 1. The van der Waals surface area contributed by atoms with E-state index < -0.39 is 5.91 Å². The van der Waals surface area contributed by atoms with Crippen LogP contribution in [0.2, 0.25) is 0 Å². The van der Waals surface area contributed by atoms with Gasteiger partial charge in [0.05, 0.1) is 21.8 Å². The van der Waals surface area contributed by atoms with E-state index in [0.717, 1.165) is 40.1 Å². The summed E-state index contributed by atoms with van der Waals surface area (Å²) in [5.74, 6) is 0.485. The van der Waals surface area contributed by atoms with Gasteiger partial charge in [-0.05, 0) is 44.4 Å². The second-order valence-electron chi connectivity index (χ2n) is 6.54. The molecular weight excluding hydrogens is 348 g/mol. The van der Waals surface area contributed by atoms with E-state index in [9.17, 15) is 9.59 Å². The Morgan fingerprint density at radius 2 is 1.92 bits per heavy atom. The molecule has 1 aliphatic rings. The minimum atomic E-state index is -0.579. The zero-order valence-corrected chi connectivity index (χ0v) is 15.3. The molecule has 0 unspecified atom stereocenters. The zero-order valence-electron chi connectivity index (χ0n) is 14.5. The molecule has 0 bridgehead atoms. The van der Waals surface area contributed by atoms with E-state index in [1.807, 2.05) is 13.8 Å². The fraction of sp³-hybridized carbons (Fsp3) is 0.263. The van der Waals surface area contributed by atoms with Crippen molar-refractivity contribution in [2.75, 3.05) is 5.32 Å². The molecule has 7 heteroatoms. The molecule has 2 aromatic heterocycles. The summed E-state index contributed by atoms with van der Waals surface area (Å²) in [6.45, 7) is 3.86. The van der Waals surface area contributed by atoms with Gasteiger partial charge in [-0.1, -0.05) is 12.1 Å². The maximum Gasteiger partial charge on any atom is 0.266 e. The van der Waals surface area contributed by atoms with Crippen LogP contribution in [0, 0.1) is 13.8 Å². The van der Waals surface area contributed by atoms with E-state index in [0.29, 0.717) is 16.5 Å². The Balaban J connectivity index is 1.72. The number of carbonyl (C=O) groups is 2. The summed E-state index contributed by atoms with van der Waals surface area (Å²) in [6.07, 6.45) is 2.26. The summed E-state index contributed by atoms with van der Waals surface area (Å²) in [5.41, 5.74) is 7.84. The highest BCUT2D eigenvalue weighted by molar-refractivity contribution is 7.20. The van der Waals surface area contributed by atoms with E-state index >= 15 is 0 Å². The van der Waals surface area contributed by atoms with Gasteiger partial charge in [0.1, 0.15) is 10.7 Å². The second kappa shape index (κ2) is 6.17. The molecule has 132 valence electrons. The number of nitrogens with one attached hydrogen (secondary N) is 1. The molecule has 0 aliphatic heterocycles. The number of thiophene rings is 1. The third-order valence-corrected chi connectivity index (χ3v) is 5.76. The lowest BCUT2D eigenvalue weighted by Gasteiger charge is -2.08. The highest BCUT2D eigenvalue weighted by Crippen LogP contribution is 2.40. The normalized spacial score (nSPS) is 13.8. The third kappa shape index (κ3) is 2.84. The smallest absolute Gasteiger partial charge is 0.266 e. The Morgan fingerprint density at radius 3 is 2.62 bits per heavy atom. The molecule has 0 atom stereocenters. The lowest BCUT2D eigenvalue weighted by molar-refractivity contribution is 0.100. The number of nitrogens with two attached hydrogens (primary N) is 1. The van der Waals surface area contributed by atoms with Crippen LogP contribution >= 0.6 is 11.3 Å². The van der Waals surface area contributed by atoms with Crippen molar-refractivity contribution < 1.29 is 9.59 Å². The molecule has 2 amide bonds. The number of hydrogen-bond donors (Lipinski definition) is 2. The van der Waals surface area contributed by atoms with Gasteiger partial charge < -0.3 is 11.1 Å². The number of hydrogen-bond acceptors (Lipinski definition) is 5. The second-order valence-corrected chi connectivity index (χ2v) is 7.54. The molecule has 1 aliphatic carbocycles. The van der Waals surface area contributed by atoms with E-state index in [4.69, 9.17) is 5.73 Å². The average molecular weight is 366 g/mol. The number of aromatic nitrogens is 2. The number of rotatable bonds is 4.